The topological polar surface area (TPSA) is 46.2 Å². The molecule has 2 aromatic rings. The Kier molecular flexibility index (Phi) is 5.61. The van der Waals surface area contributed by atoms with Crippen molar-refractivity contribution in [1.82, 2.24) is 20.0 Å². The molecule has 0 amide bonds. The molecule has 0 aliphatic carbocycles. The van der Waals surface area contributed by atoms with Crippen molar-refractivity contribution < 1.29 is 4.42 Å². The minimum Gasteiger partial charge on any atom is -0.469 e. The van der Waals surface area contributed by atoms with Gasteiger partial charge in [0.2, 0.25) is 0 Å². The van der Waals surface area contributed by atoms with Crippen LogP contribution < -0.4 is 5.32 Å². The van der Waals surface area contributed by atoms with E-state index in [9.17, 15) is 0 Å². The Hall–Kier alpha value is -1.11. The van der Waals surface area contributed by atoms with E-state index < -0.39 is 0 Å². The predicted octanol–water partition coefficient (Wildman–Crippen LogP) is 2.67. The van der Waals surface area contributed by atoms with Crippen molar-refractivity contribution in [3.63, 3.8) is 0 Å². The van der Waals surface area contributed by atoms with E-state index >= 15 is 0 Å². The number of nitrogens with one attached hydrogen (secondary N) is 1. The van der Waals surface area contributed by atoms with E-state index in [0.29, 0.717) is 0 Å². The highest BCUT2D eigenvalue weighted by Crippen LogP contribution is 2.31. The molecule has 6 heteroatoms. The first-order valence-electron chi connectivity index (χ1n) is 7.17. The third kappa shape index (κ3) is 3.56. The first kappa shape index (κ1) is 16.3. The van der Waals surface area contributed by atoms with Gasteiger partial charge in [-0.1, -0.05) is 6.92 Å². The average Bonchev–Trinajstić information content (AvgIpc) is 3.06. The normalized spacial score (nSPS) is 13.0. The van der Waals surface area contributed by atoms with Crippen molar-refractivity contribution in [2.24, 2.45) is 0 Å². The van der Waals surface area contributed by atoms with Gasteiger partial charge in [-0.05, 0) is 43.1 Å². The molecule has 1 atom stereocenters. The number of hydrogen-bond donors (Lipinski definition) is 1. The Labute approximate surface area is 134 Å². The Morgan fingerprint density at radius 3 is 2.86 bits per heavy atom. The van der Waals surface area contributed by atoms with E-state index in [2.05, 4.69) is 56.9 Å². The summed E-state index contributed by atoms with van der Waals surface area (Å²) in [6.07, 6.45) is 4.50. The van der Waals surface area contributed by atoms with Gasteiger partial charge in [-0.3, -0.25) is 4.68 Å². The summed E-state index contributed by atoms with van der Waals surface area (Å²) in [4.78, 5) is 2.16. The minimum atomic E-state index is 0.0673. The van der Waals surface area contributed by atoms with Crippen molar-refractivity contribution >= 4 is 15.9 Å². The van der Waals surface area contributed by atoms with Gasteiger partial charge in [-0.2, -0.15) is 5.10 Å². The molecule has 0 bridgehead atoms. The van der Waals surface area contributed by atoms with E-state index in [-0.39, 0.29) is 6.04 Å². The maximum absolute atomic E-state index is 5.58. The van der Waals surface area contributed by atoms with E-state index in [1.807, 2.05) is 19.3 Å². The standard InChI is InChI=1S/C15H23BrN4O/c1-5-13-11(6-9-21-13)14(17-2)15-12(16)10-18-20(15)8-7-19(3)4/h6,9-10,14,17H,5,7-8H2,1-4H3. The fraction of sp³-hybridized carbons (Fsp3) is 0.533. The van der Waals surface area contributed by atoms with Crippen LogP contribution in [0, 0.1) is 0 Å². The van der Waals surface area contributed by atoms with Crippen LogP contribution in [0.5, 0.6) is 0 Å². The van der Waals surface area contributed by atoms with Crippen LogP contribution >= 0.6 is 15.9 Å². The fourth-order valence-electron chi connectivity index (χ4n) is 2.47. The molecule has 0 saturated carbocycles. The van der Waals surface area contributed by atoms with Crippen molar-refractivity contribution in [1.29, 1.82) is 0 Å². The van der Waals surface area contributed by atoms with Gasteiger partial charge in [0.15, 0.2) is 0 Å². The van der Waals surface area contributed by atoms with E-state index in [1.54, 1.807) is 6.26 Å². The lowest BCUT2D eigenvalue weighted by Gasteiger charge is -2.20. The molecule has 116 valence electrons. The van der Waals surface area contributed by atoms with Crippen LogP contribution in [-0.2, 0) is 13.0 Å². The molecule has 1 N–H and O–H groups in total. The van der Waals surface area contributed by atoms with Gasteiger partial charge in [0.25, 0.3) is 0 Å². The summed E-state index contributed by atoms with van der Waals surface area (Å²) in [6.45, 7) is 3.91. The third-order valence-electron chi connectivity index (χ3n) is 3.57. The lowest BCUT2D eigenvalue weighted by Crippen LogP contribution is -2.25. The molecule has 2 aromatic heterocycles. The fourth-order valence-corrected chi connectivity index (χ4v) is 2.99. The van der Waals surface area contributed by atoms with E-state index in [0.717, 1.165) is 35.4 Å². The predicted molar refractivity (Wildman–Crippen MR) is 87.5 cm³/mol. The molecule has 21 heavy (non-hydrogen) atoms. The maximum atomic E-state index is 5.58. The smallest absolute Gasteiger partial charge is 0.108 e. The molecule has 0 aromatic carbocycles. The number of likely N-dealkylation sites (N-methyl/N-ethyl adjacent to an activating group) is 1. The Morgan fingerprint density at radius 1 is 1.48 bits per heavy atom. The van der Waals surface area contributed by atoms with Gasteiger partial charge in [0, 0.05) is 18.5 Å². The lowest BCUT2D eigenvalue weighted by molar-refractivity contribution is 0.366. The number of halogens is 1. The highest BCUT2D eigenvalue weighted by molar-refractivity contribution is 9.10. The van der Waals surface area contributed by atoms with Crippen LogP contribution in [0.15, 0.2) is 27.4 Å². The molecule has 0 aliphatic heterocycles. The van der Waals surface area contributed by atoms with E-state index in [4.69, 9.17) is 4.42 Å². The van der Waals surface area contributed by atoms with Gasteiger partial charge < -0.3 is 14.6 Å². The van der Waals surface area contributed by atoms with Crippen LogP contribution in [-0.4, -0.2) is 42.4 Å². The number of rotatable bonds is 7. The quantitative estimate of drug-likeness (QED) is 0.830. The van der Waals surface area contributed by atoms with Gasteiger partial charge in [-0.25, -0.2) is 0 Å². The number of nitrogens with zero attached hydrogens (tertiary/aromatic N) is 3. The minimum absolute atomic E-state index is 0.0673. The van der Waals surface area contributed by atoms with Crippen molar-refractivity contribution in [2.45, 2.75) is 25.9 Å². The third-order valence-corrected chi connectivity index (χ3v) is 4.18. The SMILES string of the molecule is CCc1occc1C(NC)c1c(Br)cnn1CCN(C)C. The Balaban J connectivity index is 2.36. The zero-order valence-electron chi connectivity index (χ0n) is 13.1. The Morgan fingerprint density at radius 2 is 2.24 bits per heavy atom. The lowest BCUT2D eigenvalue weighted by atomic mass is 10.0. The van der Waals surface area contributed by atoms with Crippen LogP contribution in [0.3, 0.4) is 0 Å². The summed E-state index contributed by atoms with van der Waals surface area (Å²) >= 11 is 3.63. The zero-order chi connectivity index (χ0) is 15.4. The van der Waals surface area contributed by atoms with Gasteiger partial charge >= 0.3 is 0 Å². The molecule has 2 heterocycles. The summed E-state index contributed by atoms with van der Waals surface area (Å²) in [7, 11) is 6.10. The first-order valence-corrected chi connectivity index (χ1v) is 7.97. The van der Waals surface area contributed by atoms with Crippen LogP contribution in [0.2, 0.25) is 0 Å². The molecule has 0 spiro atoms. The highest BCUT2D eigenvalue weighted by Gasteiger charge is 2.24. The number of hydrogen-bond acceptors (Lipinski definition) is 4. The number of aromatic nitrogens is 2. The summed E-state index contributed by atoms with van der Waals surface area (Å²) in [5, 5.41) is 7.88. The average molecular weight is 355 g/mol. The van der Waals surface area contributed by atoms with Crippen LogP contribution in [0.25, 0.3) is 0 Å². The first-order chi connectivity index (χ1) is 10.1. The monoisotopic (exact) mass is 354 g/mol. The molecule has 0 aliphatic rings. The molecule has 5 nitrogen and oxygen atoms in total. The van der Waals surface area contributed by atoms with Gasteiger partial charge in [0.1, 0.15) is 5.76 Å². The van der Waals surface area contributed by atoms with Crippen LogP contribution in [0.1, 0.15) is 30.0 Å². The molecule has 2 rings (SSSR count). The summed E-state index contributed by atoms with van der Waals surface area (Å²) in [6, 6.07) is 2.10. The highest BCUT2D eigenvalue weighted by atomic mass is 79.9. The van der Waals surface area contributed by atoms with Gasteiger partial charge in [-0.15, -0.1) is 0 Å². The number of aryl methyl sites for hydroxylation is 1. The summed E-state index contributed by atoms with van der Waals surface area (Å²) in [5.74, 6) is 1.02. The molecular formula is C15H23BrN4O. The van der Waals surface area contributed by atoms with Crippen molar-refractivity contribution in [2.75, 3.05) is 27.7 Å². The summed E-state index contributed by atoms with van der Waals surface area (Å²) in [5.41, 5.74) is 2.31. The second kappa shape index (κ2) is 7.24. The van der Waals surface area contributed by atoms with Crippen molar-refractivity contribution in [3.05, 3.63) is 40.0 Å². The second-order valence-corrected chi connectivity index (χ2v) is 6.13. The second-order valence-electron chi connectivity index (χ2n) is 5.28. The zero-order valence-corrected chi connectivity index (χ0v) is 14.6. The maximum Gasteiger partial charge on any atom is 0.108 e. The van der Waals surface area contributed by atoms with Crippen LogP contribution in [0.4, 0.5) is 0 Å². The largest absolute Gasteiger partial charge is 0.469 e. The van der Waals surface area contributed by atoms with E-state index in [1.165, 1.54) is 5.56 Å². The summed E-state index contributed by atoms with van der Waals surface area (Å²) < 4.78 is 8.65. The van der Waals surface area contributed by atoms with Gasteiger partial charge in [0.05, 0.1) is 35.2 Å². The molecular weight excluding hydrogens is 332 g/mol. The Bertz CT molecular complexity index is 576. The number of furan rings is 1. The van der Waals surface area contributed by atoms with Crippen molar-refractivity contribution in [3.8, 4) is 0 Å². The molecule has 0 radical (unpaired) electrons. The molecule has 1 unspecified atom stereocenters. The molecule has 0 saturated heterocycles. The molecule has 0 fully saturated rings.